The molecule has 0 spiro atoms. The Hall–Kier alpha value is -3.03. The van der Waals surface area contributed by atoms with E-state index in [1.165, 1.54) is 32.6 Å². The van der Waals surface area contributed by atoms with Crippen molar-refractivity contribution in [2.24, 2.45) is 5.73 Å². The Morgan fingerprint density at radius 1 is 1.04 bits per heavy atom. The molecule has 1 unspecified atom stereocenters. The maximum Gasteiger partial charge on any atom is 0.471 e. The van der Waals surface area contributed by atoms with Crippen molar-refractivity contribution >= 4 is 5.57 Å². The minimum Gasteiger partial charge on any atom is -0.497 e. The highest BCUT2D eigenvalue weighted by Crippen LogP contribution is 2.49. The lowest BCUT2D eigenvalue weighted by Crippen LogP contribution is -2.53. The average Bonchev–Trinajstić information content (AvgIpc) is 2.63. The van der Waals surface area contributed by atoms with Gasteiger partial charge >= 0.3 is 12.0 Å². The second-order valence-corrected chi connectivity index (χ2v) is 5.95. The molecule has 1 aliphatic heterocycles. The van der Waals surface area contributed by atoms with E-state index in [0.29, 0.717) is 29.6 Å². The van der Waals surface area contributed by atoms with Crippen LogP contribution in [0.1, 0.15) is 18.1 Å². The lowest BCUT2D eigenvalue weighted by molar-refractivity contribution is -0.332. The summed E-state index contributed by atoms with van der Waals surface area (Å²) in [7, 11) is 2.98. The van der Waals surface area contributed by atoms with Gasteiger partial charge in [0.15, 0.2) is 11.5 Å². The molecule has 1 aliphatic rings. The molecular weight excluding hydrogens is 363 g/mol. The van der Waals surface area contributed by atoms with Crippen molar-refractivity contribution < 1.29 is 32.1 Å². The number of fused-ring (bicyclic) bond motifs is 1. The summed E-state index contributed by atoms with van der Waals surface area (Å²) >= 11 is 0. The summed E-state index contributed by atoms with van der Waals surface area (Å²) in [6.45, 7) is 0.604. The van der Waals surface area contributed by atoms with Crippen LogP contribution in [-0.2, 0) is 0 Å². The van der Waals surface area contributed by atoms with Crippen molar-refractivity contribution in [3.63, 3.8) is 0 Å². The topological polar surface area (TPSA) is 62.9 Å². The molecule has 1 heterocycles. The number of ether oxygens (including phenoxy) is 4. The zero-order valence-electron chi connectivity index (χ0n) is 14.9. The molecule has 2 aromatic rings. The largest absolute Gasteiger partial charge is 0.497 e. The number of halogens is 3. The fourth-order valence-electron chi connectivity index (χ4n) is 2.70. The Balaban J connectivity index is 2.15. The fourth-order valence-corrected chi connectivity index (χ4v) is 2.70. The minimum atomic E-state index is -4.13. The van der Waals surface area contributed by atoms with Gasteiger partial charge in [-0.05, 0) is 23.8 Å². The van der Waals surface area contributed by atoms with E-state index in [1.807, 2.05) is 0 Å². The van der Waals surface area contributed by atoms with E-state index in [2.05, 4.69) is 4.74 Å². The standard InChI is InChI=1S/C19H18F3NO4/c1-18(20)19(21,22)26-16-6-4-5-14(17(16)27-18)15(10-23)11-7-12(24-2)9-13(8-11)25-3/h4-10H,23H2,1-3H3. The maximum absolute atomic E-state index is 14.3. The summed E-state index contributed by atoms with van der Waals surface area (Å²) in [5.41, 5.74) is 7.03. The van der Waals surface area contributed by atoms with Gasteiger partial charge in [-0.25, -0.2) is 0 Å². The number of nitrogens with two attached hydrogens (primary N) is 1. The van der Waals surface area contributed by atoms with Gasteiger partial charge in [0.2, 0.25) is 0 Å². The van der Waals surface area contributed by atoms with Gasteiger partial charge in [0.1, 0.15) is 11.5 Å². The van der Waals surface area contributed by atoms with Gasteiger partial charge in [-0.2, -0.15) is 13.2 Å². The van der Waals surface area contributed by atoms with E-state index in [9.17, 15) is 13.2 Å². The maximum atomic E-state index is 14.3. The first-order valence-corrected chi connectivity index (χ1v) is 7.96. The van der Waals surface area contributed by atoms with Crippen molar-refractivity contribution in [1.82, 2.24) is 0 Å². The molecule has 27 heavy (non-hydrogen) atoms. The van der Waals surface area contributed by atoms with Crippen LogP contribution in [0.5, 0.6) is 23.0 Å². The van der Waals surface area contributed by atoms with Crippen LogP contribution in [-0.4, -0.2) is 26.2 Å². The van der Waals surface area contributed by atoms with Crippen molar-refractivity contribution in [3.05, 3.63) is 53.7 Å². The zero-order valence-corrected chi connectivity index (χ0v) is 14.9. The van der Waals surface area contributed by atoms with Crippen molar-refractivity contribution in [2.45, 2.75) is 18.9 Å². The normalized spacial score (nSPS) is 20.9. The van der Waals surface area contributed by atoms with Crippen LogP contribution < -0.4 is 24.7 Å². The van der Waals surface area contributed by atoms with Crippen LogP contribution in [0.3, 0.4) is 0 Å². The second-order valence-electron chi connectivity index (χ2n) is 5.95. The zero-order chi connectivity index (χ0) is 19.8. The summed E-state index contributed by atoms with van der Waals surface area (Å²) in [5, 5.41) is 0. The van der Waals surface area contributed by atoms with Crippen LogP contribution in [0.2, 0.25) is 0 Å². The van der Waals surface area contributed by atoms with Crippen molar-refractivity contribution in [1.29, 1.82) is 0 Å². The monoisotopic (exact) mass is 381 g/mol. The van der Waals surface area contributed by atoms with Crippen LogP contribution in [0.15, 0.2) is 42.6 Å². The highest BCUT2D eigenvalue weighted by molar-refractivity contribution is 5.85. The highest BCUT2D eigenvalue weighted by Gasteiger charge is 2.60. The molecule has 3 rings (SSSR count). The van der Waals surface area contributed by atoms with E-state index in [1.54, 1.807) is 24.3 Å². The Labute approximate surface area is 154 Å². The number of para-hydroxylation sites is 1. The Bertz CT molecular complexity index is 874. The fraction of sp³-hybridized carbons (Fsp3) is 0.263. The molecule has 0 fully saturated rings. The smallest absolute Gasteiger partial charge is 0.471 e. The predicted molar refractivity (Wildman–Crippen MR) is 93.0 cm³/mol. The summed E-state index contributed by atoms with van der Waals surface area (Å²) in [5.74, 6) is -2.82. The molecule has 5 nitrogen and oxygen atoms in total. The molecule has 0 saturated heterocycles. The lowest BCUT2D eigenvalue weighted by atomic mass is 9.96. The molecule has 0 saturated carbocycles. The Morgan fingerprint density at radius 3 is 2.22 bits per heavy atom. The van der Waals surface area contributed by atoms with E-state index in [-0.39, 0.29) is 17.1 Å². The minimum absolute atomic E-state index is 0.174. The number of hydrogen-bond acceptors (Lipinski definition) is 5. The molecule has 1 atom stereocenters. The average molecular weight is 381 g/mol. The van der Waals surface area contributed by atoms with Crippen LogP contribution in [0.25, 0.3) is 5.57 Å². The number of methoxy groups -OCH3 is 2. The molecule has 0 radical (unpaired) electrons. The predicted octanol–water partition coefficient (Wildman–Crippen LogP) is 4.10. The Kier molecular flexibility index (Phi) is 4.59. The summed E-state index contributed by atoms with van der Waals surface area (Å²) in [4.78, 5) is 0. The second kappa shape index (κ2) is 6.61. The summed E-state index contributed by atoms with van der Waals surface area (Å²) < 4.78 is 61.9. The van der Waals surface area contributed by atoms with Gasteiger partial charge in [0.25, 0.3) is 0 Å². The molecule has 144 valence electrons. The molecule has 0 aromatic heterocycles. The SMILES string of the molecule is COc1cc(OC)cc(C(=CN)c2cccc3c2OC(C)(F)C(F)(F)O3)c1. The van der Waals surface area contributed by atoms with E-state index >= 15 is 0 Å². The first-order chi connectivity index (χ1) is 12.7. The highest BCUT2D eigenvalue weighted by atomic mass is 19.3. The molecule has 8 heteroatoms. The third-order valence-corrected chi connectivity index (χ3v) is 4.15. The number of alkyl halides is 3. The Morgan fingerprint density at radius 2 is 1.67 bits per heavy atom. The van der Waals surface area contributed by atoms with Gasteiger partial charge in [-0.1, -0.05) is 12.1 Å². The number of benzene rings is 2. The summed E-state index contributed by atoms with van der Waals surface area (Å²) in [6, 6.07) is 9.32. The van der Waals surface area contributed by atoms with E-state index in [0.717, 1.165) is 0 Å². The molecular formula is C19H18F3NO4. The van der Waals surface area contributed by atoms with Gasteiger partial charge in [0, 0.05) is 30.3 Å². The van der Waals surface area contributed by atoms with Gasteiger partial charge < -0.3 is 24.7 Å². The van der Waals surface area contributed by atoms with Crippen LogP contribution >= 0.6 is 0 Å². The molecule has 2 aromatic carbocycles. The molecule has 0 bridgehead atoms. The van der Waals surface area contributed by atoms with Crippen LogP contribution in [0.4, 0.5) is 13.2 Å². The van der Waals surface area contributed by atoms with Crippen molar-refractivity contribution in [3.8, 4) is 23.0 Å². The number of rotatable bonds is 4. The molecule has 2 N–H and O–H groups in total. The molecule has 0 aliphatic carbocycles. The first-order valence-electron chi connectivity index (χ1n) is 7.96. The third-order valence-electron chi connectivity index (χ3n) is 4.15. The third kappa shape index (κ3) is 3.22. The lowest BCUT2D eigenvalue weighted by Gasteiger charge is -2.36. The molecule has 0 amide bonds. The van der Waals surface area contributed by atoms with Gasteiger partial charge in [0.05, 0.1) is 14.2 Å². The quantitative estimate of drug-likeness (QED) is 0.864. The number of hydrogen-bond donors (Lipinski definition) is 1. The van der Waals surface area contributed by atoms with E-state index < -0.39 is 12.0 Å². The van der Waals surface area contributed by atoms with Gasteiger partial charge in [-0.3, -0.25) is 0 Å². The first kappa shape index (κ1) is 18.8. The van der Waals surface area contributed by atoms with E-state index in [4.69, 9.17) is 19.9 Å². The van der Waals surface area contributed by atoms with Crippen LogP contribution in [0, 0.1) is 0 Å². The van der Waals surface area contributed by atoms with Crippen molar-refractivity contribution in [2.75, 3.05) is 14.2 Å². The summed E-state index contributed by atoms with van der Waals surface area (Å²) in [6.07, 6.45) is -2.88. The van der Waals surface area contributed by atoms with Gasteiger partial charge in [-0.15, -0.1) is 0 Å².